The zero-order valence-electron chi connectivity index (χ0n) is 40.5. The van der Waals surface area contributed by atoms with Gasteiger partial charge in [-0.05, 0) is 84.2 Å². The number of cyclic esters (lactones) is 1. The number of likely N-dealkylation sites (N-methyl/N-ethyl adjacent to an activating group) is 1. The number of methoxy groups -OCH3 is 1. The van der Waals surface area contributed by atoms with E-state index in [2.05, 4.69) is 32.3 Å². The van der Waals surface area contributed by atoms with Crippen molar-refractivity contribution in [2.24, 2.45) is 28.7 Å². The first kappa shape index (κ1) is 50.3. The molecule has 4 aliphatic rings. The molecule has 3 aromatic rings. The lowest BCUT2D eigenvalue weighted by molar-refractivity contribution is -0.295. The van der Waals surface area contributed by atoms with Crippen LogP contribution in [0.4, 0.5) is 9.93 Å². The molecule has 3 fully saturated rings. The molecule has 3 saturated heterocycles. The highest BCUT2D eigenvalue weighted by Gasteiger charge is 2.60. The Kier molecular flexibility index (Phi) is 15.7. The number of aromatic nitrogens is 5. The monoisotopic (exact) mass is 951 g/mol. The van der Waals surface area contributed by atoms with E-state index in [4.69, 9.17) is 39.1 Å². The van der Waals surface area contributed by atoms with Gasteiger partial charge in [0.1, 0.15) is 28.9 Å². The molecule has 2 aromatic heterocycles. The highest BCUT2D eigenvalue weighted by molar-refractivity contribution is 7.18. The zero-order chi connectivity index (χ0) is 48.4. The molecule has 0 saturated carbocycles. The summed E-state index contributed by atoms with van der Waals surface area (Å²) in [5.41, 5.74) is 6.01. The second-order valence-corrected chi connectivity index (χ2v) is 20.2. The molecule has 67 heavy (non-hydrogen) atoms. The van der Waals surface area contributed by atoms with Crippen molar-refractivity contribution in [1.29, 1.82) is 0 Å². The van der Waals surface area contributed by atoms with Crippen molar-refractivity contribution in [2.45, 2.75) is 148 Å². The minimum Gasteiger partial charge on any atom is -0.494 e. The maximum Gasteiger partial charge on any atom is 0.410 e. The first-order chi connectivity index (χ1) is 31.9. The number of ketones is 1. The number of aliphatic hydroxyl groups is 1. The van der Waals surface area contributed by atoms with Gasteiger partial charge in [-0.25, -0.2) is 4.79 Å². The van der Waals surface area contributed by atoms with Gasteiger partial charge in [-0.15, -0.1) is 15.3 Å². The number of aliphatic hydroxyl groups excluding tert-OH is 1. The fraction of sp³-hybridized carbons (Fsp3) is 0.702. The number of benzene rings is 1. The lowest BCUT2D eigenvalue weighted by atomic mass is 9.73. The first-order valence-electron chi connectivity index (χ1n) is 23.6. The van der Waals surface area contributed by atoms with E-state index in [-0.39, 0.29) is 24.0 Å². The van der Waals surface area contributed by atoms with Gasteiger partial charge in [0.2, 0.25) is 5.13 Å². The van der Waals surface area contributed by atoms with Crippen molar-refractivity contribution in [2.75, 3.05) is 46.1 Å². The van der Waals surface area contributed by atoms with Crippen molar-refractivity contribution in [3.8, 4) is 16.3 Å². The maximum absolute atomic E-state index is 14.5. The molecule has 1 amide bonds. The van der Waals surface area contributed by atoms with Gasteiger partial charge in [0, 0.05) is 74.9 Å². The van der Waals surface area contributed by atoms with Gasteiger partial charge in [-0.2, -0.15) is 0 Å². The average Bonchev–Trinajstić information content (AvgIpc) is 3.99. The Balaban J connectivity index is 1.01. The number of esters is 1. The van der Waals surface area contributed by atoms with Gasteiger partial charge >= 0.3 is 12.1 Å². The third kappa shape index (κ3) is 10.7. The van der Waals surface area contributed by atoms with E-state index < -0.39 is 71.5 Å². The Morgan fingerprint density at radius 2 is 1.79 bits per heavy atom. The molecule has 0 unspecified atom stereocenters. The van der Waals surface area contributed by atoms with Crippen molar-refractivity contribution >= 4 is 40.0 Å². The molecule has 13 atom stereocenters. The number of carbonyl (C=O) groups is 3. The molecular weight excluding hydrogens is 883 g/mol. The standard InChI is InChI=1S/C47H69N9O10S/c1-11-35-47(8)39-28(4)36(49-18-21-56(39)45(60)66-47)26(2)24-46(7,61-10)40(29(5)37(57)30(6)42(59)64-35)65-43-38(58)34(23-27(3)63-43)54(9)20-17-32-25-55(53-50-32)19-12-22-62-33-15-13-31(14-16-33)41-51-52-44(48)67-41/h13-16,25-30,34-35,38-40,43,58H,11-12,17-24H2,1-10H3,(H2,48,52)/t26-,27-,28+,29-,30-,34+,35-,38-,39+,40-,43+,46-,47-/m1/s1. The van der Waals surface area contributed by atoms with Crippen LogP contribution in [0, 0.1) is 23.7 Å². The van der Waals surface area contributed by atoms with Crippen molar-refractivity contribution in [1.82, 2.24) is 35.0 Å². The minimum atomic E-state index is -1.18. The summed E-state index contributed by atoms with van der Waals surface area (Å²) >= 11 is 1.33. The first-order valence-corrected chi connectivity index (χ1v) is 24.4. The number of hydrogen-bond acceptors (Lipinski definition) is 18. The largest absolute Gasteiger partial charge is 0.494 e. The van der Waals surface area contributed by atoms with E-state index in [1.807, 2.05) is 72.1 Å². The number of aliphatic imine (C=N–C) groups is 1. The fourth-order valence-electron chi connectivity index (χ4n) is 10.7. The number of rotatable bonds is 14. The number of nitrogens with two attached hydrogens (primary N) is 1. The van der Waals surface area contributed by atoms with Crippen LogP contribution in [-0.2, 0) is 46.2 Å². The Morgan fingerprint density at radius 1 is 1.04 bits per heavy atom. The molecule has 0 spiro atoms. The normalized spacial score (nSPS) is 34.0. The number of Topliss-reactive ketones (excluding diaryl/α,β-unsaturated/α-hetero) is 1. The smallest absolute Gasteiger partial charge is 0.410 e. The van der Waals surface area contributed by atoms with Crippen LogP contribution in [0.25, 0.3) is 10.6 Å². The van der Waals surface area contributed by atoms with Crippen LogP contribution in [0.3, 0.4) is 0 Å². The van der Waals surface area contributed by atoms with E-state index in [1.54, 1.807) is 23.6 Å². The lowest BCUT2D eigenvalue weighted by Crippen LogP contribution is -2.60. The van der Waals surface area contributed by atoms with Gasteiger partial charge in [0.25, 0.3) is 0 Å². The van der Waals surface area contributed by atoms with Crippen LogP contribution in [0.2, 0.25) is 0 Å². The average molecular weight is 952 g/mol. The Labute approximate surface area is 397 Å². The predicted octanol–water partition coefficient (Wildman–Crippen LogP) is 4.85. The predicted molar refractivity (Wildman–Crippen MR) is 249 cm³/mol. The second kappa shape index (κ2) is 21.0. The zero-order valence-corrected chi connectivity index (χ0v) is 41.3. The molecule has 2 bridgehead atoms. The molecule has 4 aliphatic heterocycles. The number of ether oxygens (including phenoxy) is 6. The minimum absolute atomic E-state index is 0.199. The van der Waals surface area contributed by atoms with Gasteiger partial charge in [-0.3, -0.25) is 24.2 Å². The van der Waals surface area contributed by atoms with Crippen LogP contribution in [-0.4, -0.2) is 158 Å². The van der Waals surface area contributed by atoms with Crippen LogP contribution < -0.4 is 10.5 Å². The maximum atomic E-state index is 14.5. The Hall–Kier alpha value is -4.60. The number of anilines is 1. The second-order valence-electron chi connectivity index (χ2n) is 19.2. The summed E-state index contributed by atoms with van der Waals surface area (Å²) in [7, 11) is 3.53. The summed E-state index contributed by atoms with van der Waals surface area (Å²) in [5.74, 6) is -2.93. The number of nitrogens with zero attached hydrogens (tertiary/aromatic N) is 8. The summed E-state index contributed by atoms with van der Waals surface area (Å²) in [6, 6.07) is 6.83. The molecule has 3 N–H and O–H groups in total. The third-order valence-corrected chi connectivity index (χ3v) is 15.2. The third-order valence-electron chi connectivity index (χ3n) is 14.4. The number of amides is 1. The van der Waals surface area contributed by atoms with Crippen LogP contribution >= 0.6 is 11.3 Å². The van der Waals surface area contributed by atoms with E-state index in [0.29, 0.717) is 63.6 Å². The van der Waals surface area contributed by atoms with Gasteiger partial charge in [0.15, 0.2) is 17.7 Å². The molecule has 6 heterocycles. The van der Waals surface area contributed by atoms with Gasteiger partial charge in [-0.1, -0.05) is 44.2 Å². The highest BCUT2D eigenvalue weighted by Crippen LogP contribution is 2.44. The Morgan fingerprint density at radius 3 is 2.48 bits per heavy atom. The SMILES string of the molecule is CC[C@H]1OC(=O)[C@H](C)C(=O)[C@@H](C)[C@@H](O[C@@H]2O[C@H](C)C[C@H](N(C)CCc3cn(CCCOc4ccc(-c5nnc(N)s5)cc4)nn3)[C@H]2O)[C@](C)(OC)C[C@@H](C)C2=NCCN3C(=O)O[C@@]1(C)[C@@H]3[C@H]2C. The van der Waals surface area contributed by atoms with Gasteiger partial charge in [0.05, 0.1) is 42.7 Å². The van der Waals surface area contributed by atoms with E-state index in [9.17, 15) is 19.5 Å². The Bertz CT molecular complexity index is 2220. The van der Waals surface area contributed by atoms with Crippen molar-refractivity contribution < 1.29 is 47.9 Å². The summed E-state index contributed by atoms with van der Waals surface area (Å²) in [5, 5.41) is 30.0. The number of nitrogen functional groups attached to an aromatic ring is 1. The number of aryl methyl sites for hydroxylation is 1. The molecule has 19 nitrogen and oxygen atoms in total. The van der Waals surface area contributed by atoms with Crippen LogP contribution in [0.15, 0.2) is 35.5 Å². The van der Waals surface area contributed by atoms with Crippen molar-refractivity contribution in [3.63, 3.8) is 0 Å². The van der Waals surface area contributed by atoms with Gasteiger partial charge < -0.3 is 44.2 Å². The summed E-state index contributed by atoms with van der Waals surface area (Å²) in [4.78, 5) is 50.7. The number of carbonyl (C=O) groups excluding carboxylic acids is 3. The molecule has 0 radical (unpaired) electrons. The summed E-state index contributed by atoms with van der Waals surface area (Å²) in [6.45, 7) is 17.3. The molecule has 368 valence electrons. The van der Waals surface area contributed by atoms with E-state index in [1.165, 1.54) is 18.3 Å². The van der Waals surface area contributed by atoms with E-state index >= 15 is 0 Å². The topological polar surface area (TPSA) is 228 Å². The molecule has 1 aromatic carbocycles. The molecule has 0 aliphatic carbocycles. The fourth-order valence-corrected chi connectivity index (χ4v) is 11.3. The lowest BCUT2D eigenvalue weighted by Gasteiger charge is -2.47. The molecular formula is C47H69N9O10S. The quantitative estimate of drug-likeness (QED) is 0.125. The number of fused-ring (bicyclic) bond motifs is 1. The molecule has 7 rings (SSSR count). The summed E-state index contributed by atoms with van der Waals surface area (Å²) < 4.78 is 39.6. The van der Waals surface area contributed by atoms with Crippen LogP contribution in [0.1, 0.15) is 86.8 Å². The van der Waals surface area contributed by atoms with Crippen molar-refractivity contribution in [3.05, 3.63) is 36.2 Å². The highest BCUT2D eigenvalue weighted by atomic mass is 32.1. The van der Waals surface area contributed by atoms with E-state index in [0.717, 1.165) is 34.1 Å². The van der Waals surface area contributed by atoms with Crippen LogP contribution in [0.5, 0.6) is 5.75 Å². The number of hydrogen-bond donors (Lipinski definition) is 2. The summed E-state index contributed by atoms with van der Waals surface area (Å²) in [6.07, 6.45) is -0.293. The molecule has 20 heteroatoms.